The second kappa shape index (κ2) is 51.1. The first-order chi connectivity index (χ1) is 56.1. The number of rotatable bonds is 26. The van der Waals surface area contributed by atoms with Gasteiger partial charge in [-0.15, -0.1) is 11.6 Å². The molecule has 23 heteroatoms. The minimum Gasteiger partial charge on any atom is -1.00 e. The van der Waals surface area contributed by atoms with Crippen LogP contribution in [0.15, 0.2) is 97.1 Å². The zero-order chi connectivity index (χ0) is 86.3. The van der Waals surface area contributed by atoms with Gasteiger partial charge >= 0.3 is 196 Å². The number of quaternary nitrogens is 2. The zero-order valence-electron chi connectivity index (χ0n) is 76.7. The van der Waals surface area contributed by atoms with E-state index in [9.17, 15) is 0 Å². The molecule has 0 N–H and O–H groups in total. The summed E-state index contributed by atoms with van der Waals surface area (Å²) in [7, 11) is 28.1. The van der Waals surface area contributed by atoms with E-state index in [2.05, 4.69) is 228 Å². The van der Waals surface area contributed by atoms with Crippen LogP contribution in [-0.4, -0.2) is 192 Å². The van der Waals surface area contributed by atoms with Gasteiger partial charge in [0.1, 0.15) is 39.3 Å². The number of morpholine rings is 4. The Kier molecular flexibility index (Phi) is 45.0. The Morgan fingerprint density at radius 2 is 0.575 bits per heavy atom. The fourth-order valence-corrected chi connectivity index (χ4v) is 20.3. The molecule has 6 aromatic carbocycles. The minimum atomic E-state index is -1.77. The third-order valence-electron chi connectivity index (χ3n) is 22.9. The van der Waals surface area contributed by atoms with Crippen molar-refractivity contribution in [3.63, 3.8) is 0 Å². The number of nitrogens with zero attached hydrogens (tertiary/aromatic N) is 8. The van der Waals surface area contributed by atoms with Crippen LogP contribution in [0.2, 0.25) is 0 Å². The summed E-state index contributed by atoms with van der Waals surface area (Å²) < 4.78 is 39.8. The number of likely N-dealkylation sites (N-methyl/N-ethyl adjacent to an activating group) is 2. The first-order valence-electron chi connectivity index (χ1n) is 43.5. The number of hydrogen-bond acceptors (Lipinski definition) is 12. The second-order valence-corrected chi connectivity index (χ2v) is 47.7. The maximum atomic E-state index is 5.82. The van der Waals surface area contributed by atoms with Gasteiger partial charge in [-0.05, 0) is 127 Å². The molecule has 0 atom stereocenters. The van der Waals surface area contributed by atoms with Gasteiger partial charge in [0, 0.05) is 106 Å². The summed E-state index contributed by atoms with van der Waals surface area (Å²) in [5.41, 5.74) is 25.4. The predicted octanol–water partition coefficient (Wildman–Crippen LogP) is 16.8. The van der Waals surface area contributed by atoms with Crippen molar-refractivity contribution in [1.82, 2.24) is 9.80 Å². The molecule has 14 nitrogen and oxygen atoms in total. The van der Waals surface area contributed by atoms with Gasteiger partial charge in [0.15, 0.2) is 0 Å². The van der Waals surface area contributed by atoms with Crippen molar-refractivity contribution in [2.24, 2.45) is 0 Å². The Morgan fingerprint density at radius 1 is 0.350 bits per heavy atom. The number of halogens is 7. The molecule has 0 aromatic heterocycles. The van der Waals surface area contributed by atoms with Crippen LogP contribution < -0.4 is 53.9 Å². The summed E-state index contributed by atoms with van der Waals surface area (Å²) in [4.78, 5) is 15.4. The summed E-state index contributed by atoms with van der Waals surface area (Å²) in [6, 6.07) is 35.7. The van der Waals surface area contributed by atoms with Crippen LogP contribution in [0.25, 0.3) is 0 Å². The molecule has 6 aliphatic rings. The van der Waals surface area contributed by atoms with Gasteiger partial charge in [-0.1, -0.05) is 135 Å². The van der Waals surface area contributed by atoms with E-state index in [1.807, 2.05) is 85.4 Å². The van der Waals surface area contributed by atoms with Crippen molar-refractivity contribution in [2.75, 3.05) is 171 Å². The van der Waals surface area contributed by atoms with E-state index in [1.165, 1.54) is 95.9 Å². The molecule has 6 aliphatic heterocycles. The van der Waals surface area contributed by atoms with E-state index in [1.54, 1.807) is 0 Å². The average Bonchev–Trinajstić information content (AvgIpc) is 1.57. The molecule has 0 bridgehead atoms. The van der Waals surface area contributed by atoms with E-state index in [0.717, 1.165) is 189 Å². The molecule has 678 valence electrons. The zero-order valence-corrected chi connectivity index (χ0v) is 85.4. The molecule has 0 radical (unpaired) electrons. The summed E-state index contributed by atoms with van der Waals surface area (Å²) >= 11 is 1.10. The number of alkyl halides is 1. The quantitative estimate of drug-likeness (QED) is 0.0225. The van der Waals surface area contributed by atoms with Gasteiger partial charge in [0.2, 0.25) is 0 Å². The normalized spacial score (nSPS) is 17.2. The molecule has 6 saturated heterocycles. The predicted molar refractivity (Wildman–Crippen MR) is 499 cm³/mol. The molecule has 12 rings (SSSR count). The molecule has 0 spiro atoms. The van der Waals surface area contributed by atoms with Crippen LogP contribution in [0.1, 0.15) is 264 Å². The third-order valence-corrected chi connectivity index (χ3v) is 26.6. The maximum absolute atomic E-state index is 5.82. The molecular formula is C97H147Cl7N8O6Ru2-2. The number of hydrogen-bond donors (Lipinski definition) is 0. The molecule has 6 fully saturated rings. The van der Waals surface area contributed by atoms with Gasteiger partial charge in [-0.2, -0.15) is 13.3 Å². The van der Waals surface area contributed by atoms with Crippen LogP contribution in [0.3, 0.4) is 0 Å². The monoisotopic (exact) mass is 1970 g/mol. The van der Waals surface area contributed by atoms with E-state index in [-0.39, 0.29) is 37.0 Å². The van der Waals surface area contributed by atoms with Crippen molar-refractivity contribution in [3.8, 4) is 11.5 Å². The van der Waals surface area contributed by atoms with Gasteiger partial charge in [-0.25, -0.2) is 0 Å². The van der Waals surface area contributed by atoms with E-state index in [0.29, 0.717) is 47.3 Å². The van der Waals surface area contributed by atoms with Crippen LogP contribution in [0, 0.1) is 13.3 Å². The topological polar surface area (TPSA) is 74.8 Å². The molecule has 120 heavy (non-hydrogen) atoms. The van der Waals surface area contributed by atoms with Gasteiger partial charge in [0.25, 0.3) is 0 Å². The number of para-hydroxylation sites is 2. The van der Waals surface area contributed by atoms with Gasteiger partial charge in [0.05, 0.1) is 67.0 Å². The average molecular weight is 1970 g/mol. The Morgan fingerprint density at radius 3 is 0.800 bits per heavy atom. The van der Waals surface area contributed by atoms with Crippen molar-refractivity contribution < 1.29 is 89.2 Å². The van der Waals surface area contributed by atoms with E-state index >= 15 is 0 Å². The molecule has 0 amide bonds. The molecule has 6 aromatic rings. The fraction of sp³-hybridized carbons (Fsp3) is 0.588. The molecule has 0 aliphatic carbocycles. The SMILES string of the molecule is CC(C)Oc1ccccc1[CH]=[Ru]([Cl])[Cl].CC(C)Oc1ccccc1[CH]=[Ru]([Cl])[Cl].CC(C)c1cc(CN2CCOCC2)cc(C(C)C)c1N1[CH-]N(c2c(C(C)C)cc(CN3CCOCC3)cc2C(C)C)CC1.CC(C)c1cc(C[N+]2(C)CCOCC2)cc(C(C)C)c1N1[CH-]N(c2c(C(C)C)cc(C[N+]3(C)CCOCC3)cc2C(C)C)CC1.CCl.[Cl-].[Cl-]. The summed E-state index contributed by atoms with van der Waals surface area (Å²) in [5, 5.41) is 0. The van der Waals surface area contributed by atoms with Gasteiger partial charge < -0.3 is 72.3 Å². The van der Waals surface area contributed by atoms with Crippen molar-refractivity contribution in [3.05, 3.63) is 188 Å². The summed E-state index contributed by atoms with van der Waals surface area (Å²) in [6.45, 7) is 74.2. The van der Waals surface area contributed by atoms with E-state index in [4.69, 9.17) is 67.2 Å². The summed E-state index contributed by atoms with van der Waals surface area (Å²) in [5.74, 6) is 5.34. The molecule has 0 unspecified atom stereocenters. The molecule has 6 heterocycles. The Balaban J connectivity index is 0.000000274. The standard InChI is InChI=1S/C39H63N4O2.C37H57N4O2.2C10H12O.CH3Cl.6ClH.2Ru/c1-28(2)34-21-32(25-42(9)13-17-44-18-14-42)22-35(29(3)4)38(34)40-11-12-41(27-40)39-36(30(5)6)23-33(24-37(39)31(7)8)26-43(10)15-19-45-20-16-43;1-26(2)32-19-30(23-38-11-15-42-16-12-38)20-33(27(3)4)36(32)40-9-10-41(25-40)37-34(28(5)6)21-31(22-35(37)29(7)8)24-39-13-17-43-18-14-39;2*1-8(2)11-10-7-5-4-6-9(10)3;1-2;;;;;;;;/h21-24,27-31H,11-20,25-26H2,1-10H3;19-22,25-29H,9-18,23-24H2,1-8H3;2*3-8H,1-2H3;1H3;6*1H;;/q+1;-1;;;;;;;;;;2*+2/p-6. The number of benzene rings is 6. The molecular weight excluding hydrogens is 1820 g/mol. The minimum absolute atomic E-state index is 0. The smallest absolute Gasteiger partial charge is 0.104 e. The van der Waals surface area contributed by atoms with Crippen molar-refractivity contribution >= 4 is 82.3 Å². The summed E-state index contributed by atoms with van der Waals surface area (Å²) in [6.07, 6.45) is 1.80. The first kappa shape index (κ1) is 106. The van der Waals surface area contributed by atoms with Crippen LogP contribution >= 0.6 is 50.4 Å². The van der Waals surface area contributed by atoms with E-state index < -0.39 is 27.0 Å². The van der Waals surface area contributed by atoms with Crippen LogP contribution in [0.5, 0.6) is 11.5 Å². The van der Waals surface area contributed by atoms with Crippen molar-refractivity contribution in [2.45, 2.75) is 224 Å². The molecule has 0 saturated carbocycles. The number of anilines is 4. The Labute approximate surface area is 770 Å². The third kappa shape index (κ3) is 31.1. The fourth-order valence-electron chi connectivity index (χ4n) is 16.7. The maximum Gasteiger partial charge on any atom is 0.104 e. The second-order valence-electron chi connectivity index (χ2n) is 36.2. The Hall–Kier alpha value is -3.18. The van der Waals surface area contributed by atoms with Gasteiger partial charge in [-0.3, -0.25) is 9.80 Å². The Bertz CT molecular complexity index is 3790. The first-order valence-corrected chi connectivity index (χ1v) is 55.2. The number of ether oxygens (including phenoxy) is 6. The van der Waals surface area contributed by atoms with Crippen molar-refractivity contribution in [1.29, 1.82) is 0 Å². The van der Waals surface area contributed by atoms with Crippen LogP contribution in [0.4, 0.5) is 22.7 Å². The largest absolute Gasteiger partial charge is 1.00 e. The van der Waals surface area contributed by atoms with Crippen LogP contribution in [-0.2, 0) is 72.2 Å².